The number of carboxylic acids is 1. The third kappa shape index (κ3) is 4.21. The first-order chi connectivity index (χ1) is 9.31. The van der Waals surface area contributed by atoms with Crippen molar-refractivity contribution in [2.45, 2.75) is 18.9 Å². The third-order valence-electron chi connectivity index (χ3n) is 2.46. The average Bonchev–Trinajstić information content (AvgIpc) is 2.37. The summed E-state index contributed by atoms with van der Waals surface area (Å²) in [6.07, 6.45) is -0.324. The lowest BCUT2D eigenvalue weighted by atomic mass is 10.1. The van der Waals surface area contributed by atoms with Gasteiger partial charge in [-0.1, -0.05) is 0 Å². The van der Waals surface area contributed by atoms with Crippen LogP contribution in [0, 0.1) is 10.1 Å². The second-order valence-corrected chi connectivity index (χ2v) is 3.99. The number of aliphatic carboxylic acids is 1. The van der Waals surface area contributed by atoms with E-state index in [4.69, 9.17) is 10.8 Å². The first-order valence-corrected chi connectivity index (χ1v) is 5.57. The van der Waals surface area contributed by atoms with Gasteiger partial charge in [0.1, 0.15) is 5.75 Å². The summed E-state index contributed by atoms with van der Waals surface area (Å²) in [7, 11) is 0. The zero-order chi connectivity index (χ0) is 15.3. The van der Waals surface area contributed by atoms with Crippen LogP contribution in [0.3, 0.4) is 0 Å². The van der Waals surface area contributed by atoms with Crippen molar-refractivity contribution in [2.24, 2.45) is 5.73 Å². The molecule has 0 bridgehead atoms. The number of phenols is 1. The molecule has 20 heavy (non-hydrogen) atoms. The lowest BCUT2D eigenvalue weighted by molar-refractivity contribution is -0.384. The minimum absolute atomic E-state index is 0.0358. The Kier molecular flexibility index (Phi) is 4.98. The Balaban J connectivity index is 2.70. The molecule has 9 nitrogen and oxygen atoms in total. The largest absolute Gasteiger partial charge is 0.506 e. The predicted octanol–water partition coefficient (Wildman–Crippen LogP) is 0.431. The van der Waals surface area contributed by atoms with Crippen LogP contribution in [0.5, 0.6) is 5.75 Å². The molecule has 1 aromatic rings. The second kappa shape index (κ2) is 6.48. The van der Waals surface area contributed by atoms with E-state index >= 15 is 0 Å². The molecule has 1 amide bonds. The van der Waals surface area contributed by atoms with E-state index in [0.29, 0.717) is 0 Å². The smallest absolute Gasteiger partial charge is 0.303 e. The number of nitrogens with two attached hydrogens (primary N) is 1. The first kappa shape index (κ1) is 15.4. The topological polar surface area (TPSA) is 156 Å². The van der Waals surface area contributed by atoms with Crippen molar-refractivity contribution in [3.05, 3.63) is 28.3 Å². The number of carbonyl (C=O) groups excluding carboxylic acids is 1. The lowest BCUT2D eigenvalue weighted by Crippen LogP contribution is -2.36. The number of carboxylic acid groups (broad SMARTS) is 1. The number of benzene rings is 1. The number of hydrogen-bond acceptors (Lipinski definition) is 6. The van der Waals surface area contributed by atoms with Gasteiger partial charge < -0.3 is 21.3 Å². The highest BCUT2D eigenvalue weighted by atomic mass is 16.6. The second-order valence-electron chi connectivity index (χ2n) is 3.99. The maximum atomic E-state index is 11.6. The van der Waals surface area contributed by atoms with Gasteiger partial charge >= 0.3 is 5.97 Å². The molecule has 1 unspecified atom stereocenters. The standard InChI is InChI=1S/C11H13N3O6/c12-7(2-4-10(16)17)11(18)13-8-3-1-6(14(19)20)5-9(8)15/h1,3,5,7,15H,2,4,12H2,(H,13,18)(H,16,17). The lowest BCUT2D eigenvalue weighted by Gasteiger charge is -2.12. The summed E-state index contributed by atoms with van der Waals surface area (Å²) in [5, 5.41) is 30.8. The van der Waals surface area contributed by atoms with Crippen LogP contribution in [-0.4, -0.2) is 33.1 Å². The molecule has 0 radical (unpaired) electrons. The van der Waals surface area contributed by atoms with Crippen LogP contribution in [0.4, 0.5) is 11.4 Å². The van der Waals surface area contributed by atoms with Gasteiger partial charge in [0.05, 0.1) is 22.7 Å². The molecular formula is C11H13N3O6. The van der Waals surface area contributed by atoms with Crippen LogP contribution >= 0.6 is 0 Å². The molecule has 5 N–H and O–H groups in total. The van der Waals surface area contributed by atoms with Crippen LogP contribution in [0.1, 0.15) is 12.8 Å². The van der Waals surface area contributed by atoms with Gasteiger partial charge in [0.15, 0.2) is 0 Å². The van der Waals surface area contributed by atoms with Gasteiger partial charge in [0.25, 0.3) is 5.69 Å². The Morgan fingerprint density at radius 1 is 1.45 bits per heavy atom. The molecular weight excluding hydrogens is 270 g/mol. The Bertz CT molecular complexity index is 545. The monoisotopic (exact) mass is 283 g/mol. The summed E-state index contributed by atoms with van der Waals surface area (Å²) in [6, 6.07) is 2.10. The van der Waals surface area contributed by atoms with E-state index in [2.05, 4.69) is 5.32 Å². The molecule has 0 aliphatic rings. The minimum atomic E-state index is -1.08. The molecule has 0 aromatic heterocycles. The van der Waals surface area contributed by atoms with Gasteiger partial charge in [0, 0.05) is 12.5 Å². The fourth-order valence-corrected chi connectivity index (χ4v) is 1.37. The fraction of sp³-hybridized carbons (Fsp3) is 0.273. The van der Waals surface area contributed by atoms with Crippen LogP contribution in [0.2, 0.25) is 0 Å². The molecule has 0 saturated carbocycles. The number of nitrogens with one attached hydrogen (secondary N) is 1. The van der Waals surface area contributed by atoms with Crippen molar-refractivity contribution in [1.29, 1.82) is 0 Å². The molecule has 108 valence electrons. The number of aromatic hydroxyl groups is 1. The minimum Gasteiger partial charge on any atom is -0.506 e. The van der Waals surface area contributed by atoms with Gasteiger partial charge in [-0.3, -0.25) is 19.7 Å². The van der Waals surface area contributed by atoms with Crippen molar-refractivity contribution in [2.75, 3.05) is 5.32 Å². The molecule has 0 aliphatic heterocycles. The van der Waals surface area contributed by atoms with Crippen LogP contribution in [0.15, 0.2) is 18.2 Å². The van der Waals surface area contributed by atoms with Gasteiger partial charge in [0.2, 0.25) is 5.91 Å². The summed E-state index contributed by atoms with van der Waals surface area (Å²) in [6.45, 7) is 0. The quantitative estimate of drug-likeness (QED) is 0.335. The van der Waals surface area contributed by atoms with Gasteiger partial charge in [-0.2, -0.15) is 0 Å². The summed E-state index contributed by atoms with van der Waals surface area (Å²) in [4.78, 5) is 31.8. The summed E-state index contributed by atoms with van der Waals surface area (Å²) in [5.41, 5.74) is 5.12. The van der Waals surface area contributed by atoms with E-state index in [-0.39, 0.29) is 24.2 Å². The molecule has 0 fully saturated rings. The number of non-ortho nitro benzene ring substituents is 1. The molecule has 0 spiro atoms. The van der Waals surface area contributed by atoms with Gasteiger partial charge in [-0.25, -0.2) is 0 Å². The SMILES string of the molecule is NC(CCC(=O)O)C(=O)Nc1ccc([N+](=O)[O-])cc1O. The number of carbonyl (C=O) groups is 2. The first-order valence-electron chi connectivity index (χ1n) is 5.57. The van der Waals surface area contributed by atoms with Crippen molar-refractivity contribution >= 4 is 23.3 Å². The Hall–Kier alpha value is -2.68. The van der Waals surface area contributed by atoms with Crippen LogP contribution in [0.25, 0.3) is 0 Å². The number of phenolic OH excluding ortho intramolecular Hbond substituents is 1. The predicted molar refractivity (Wildman–Crippen MR) is 68.2 cm³/mol. The summed E-state index contributed by atoms with van der Waals surface area (Å²) < 4.78 is 0. The highest BCUT2D eigenvalue weighted by Crippen LogP contribution is 2.27. The number of rotatable bonds is 6. The molecule has 1 rings (SSSR count). The van der Waals surface area contributed by atoms with E-state index in [9.17, 15) is 24.8 Å². The van der Waals surface area contributed by atoms with Crippen LogP contribution in [-0.2, 0) is 9.59 Å². The number of anilines is 1. The average molecular weight is 283 g/mol. The Morgan fingerprint density at radius 3 is 2.60 bits per heavy atom. The number of nitro groups is 1. The van der Waals surface area contributed by atoms with Crippen molar-refractivity contribution in [3.63, 3.8) is 0 Å². The molecule has 0 saturated heterocycles. The molecule has 0 heterocycles. The molecule has 1 atom stereocenters. The van der Waals surface area contributed by atoms with E-state index in [1.165, 1.54) is 0 Å². The van der Waals surface area contributed by atoms with Crippen LogP contribution < -0.4 is 11.1 Å². The third-order valence-corrected chi connectivity index (χ3v) is 2.46. The summed E-state index contributed by atoms with van der Waals surface area (Å²) >= 11 is 0. The number of nitrogens with zero attached hydrogens (tertiary/aromatic N) is 1. The highest BCUT2D eigenvalue weighted by molar-refractivity contribution is 5.96. The van der Waals surface area contributed by atoms with E-state index < -0.39 is 28.6 Å². The maximum Gasteiger partial charge on any atom is 0.303 e. The van der Waals surface area contributed by atoms with E-state index in [1.54, 1.807) is 0 Å². The van der Waals surface area contributed by atoms with Gasteiger partial charge in [-0.15, -0.1) is 0 Å². The van der Waals surface area contributed by atoms with Crippen molar-refractivity contribution in [3.8, 4) is 5.75 Å². The summed E-state index contributed by atoms with van der Waals surface area (Å²) in [5.74, 6) is -2.24. The zero-order valence-corrected chi connectivity index (χ0v) is 10.3. The van der Waals surface area contributed by atoms with Crippen molar-refractivity contribution < 1.29 is 24.7 Å². The highest BCUT2D eigenvalue weighted by Gasteiger charge is 2.17. The van der Waals surface area contributed by atoms with E-state index in [1.807, 2.05) is 0 Å². The molecule has 1 aromatic carbocycles. The Morgan fingerprint density at radius 2 is 2.10 bits per heavy atom. The van der Waals surface area contributed by atoms with Gasteiger partial charge in [-0.05, 0) is 12.5 Å². The number of amides is 1. The molecule has 0 aliphatic carbocycles. The zero-order valence-electron chi connectivity index (χ0n) is 10.3. The fourth-order valence-electron chi connectivity index (χ4n) is 1.37. The Labute approximate surface area is 113 Å². The number of hydrogen-bond donors (Lipinski definition) is 4. The van der Waals surface area contributed by atoms with Crippen molar-refractivity contribution in [1.82, 2.24) is 0 Å². The maximum absolute atomic E-state index is 11.6. The normalized spacial score (nSPS) is 11.7. The molecule has 9 heteroatoms. The van der Waals surface area contributed by atoms with E-state index in [0.717, 1.165) is 18.2 Å². The number of nitro benzene ring substituents is 1.